The lowest BCUT2D eigenvalue weighted by molar-refractivity contribution is -0.123. The number of hydrogen-bond donors (Lipinski definition) is 2. The lowest BCUT2D eigenvalue weighted by Gasteiger charge is -2.14. The summed E-state index contributed by atoms with van der Waals surface area (Å²) in [6.07, 6.45) is 0. The maximum atomic E-state index is 13.3. The molecule has 1 aliphatic rings. The highest BCUT2D eigenvalue weighted by Crippen LogP contribution is 2.17. The maximum Gasteiger partial charge on any atom is 0.317 e. The standard InChI is InChI=1S/C13H15F2N3O3/c14-9-1-2-11(10(15)7-9)21-8-12(19)16-3-5-18-6-4-17-13(18)20/h1-2,7H,3-6,8H2,(H,16,19)(H,17,20). The van der Waals surface area contributed by atoms with Gasteiger partial charge in [0.25, 0.3) is 5.91 Å². The second-order valence-electron chi connectivity index (χ2n) is 4.43. The summed E-state index contributed by atoms with van der Waals surface area (Å²) in [6, 6.07) is 2.68. The molecule has 6 nitrogen and oxygen atoms in total. The summed E-state index contributed by atoms with van der Waals surface area (Å²) in [5.74, 6) is -2.21. The average molecular weight is 299 g/mol. The van der Waals surface area contributed by atoms with Crippen molar-refractivity contribution >= 4 is 11.9 Å². The van der Waals surface area contributed by atoms with Crippen LogP contribution in [-0.4, -0.2) is 49.6 Å². The Bertz CT molecular complexity index is 539. The molecule has 0 bridgehead atoms. The molecule has 8 heteroatoms. The number of nitrogens with one attached hydrogen (secondary N) is 2. The molecule has 3 amide bonds. The number of urea groups is 1. The van der Waals surface area contributed by atoms with Crippen LogP contribution in [0, 0.1) is 11.6 Å². The third-order valence-corrected chi connectivity index (χ3v) is 2.90. The van der Waals surface area contributed by atoms with Crippen LogP contribution in [0.4, 0.5) is 13.6 Å². The van der Waals surface area contributed by atoms with Crippen molar-refractivity contribution in [2.45, 2.75) is 0 Å². The van der Waals surface area contributed by atoms with E-state index in [0.29, 0.717) is 25.7 Å². The summed E-state index contributed by atoms with van der Waals surface area (Å²) >= 11 is 0. The van der Waals surface area contributed by atoms with Crippen LogP contribution in [0.15, 0.2) is 18.2 Å². The number of carbonyl (C=O) groups excluding carboxylic acids is 2. The van der Waals surface area contributed by atoms with Crippen LogP contribution in [-0.2, 0) is 4.79 Å². The van der Waals surface area contributed by atoms with Crippen molar-refractivity contribution in [3.05, 3.63) is 29.8 Å². The smallest absolute Gasteiger partial charge is 0.317 e. The minimum Gasteiger partial charge on any atom is -0.481 e. The Hall–Kier alpha value is -2.38. The van der Waals surface area contributed by atoms with Crippen LogP contribution in [0.1, 0.15) is 0 Å². The Morgan fingerprint density at radius 2 is 2.24 bits per heavy atom. The van der Waals surface area contributed by atoms with Crippen molar-refractivity contribution in [2.24, 2.45) is 0 Å². The van der Waals surface area contributed by atoms with Gasteiger partial charge in [-0.05, 0) is 12.1 Å². The lowest BCUT2D eigenvalue weighted by Crippen LogP contribution is -2.38. The van der Waals surface area contributed by atoms with Gasteiger partial charge in [0.1, 0.15) is 5.82 Å². The average Bonchev–Trinajstić information content (AvgIpc) is 2.83. The van der Waals surface area contributed by atoms with Gasteiger partial charge in [0.2, 0.25) is 0 Å². The molecule has 0 aromatic heterocycles. The third kappa shape index (κ3) is 4.30. The van der Waals surface area contributed by atoms with Gasteiger partial charge in [-0.2, -0.15) is 0 Å². The quantitative estimate of drug-likeness (QED) is 0.803. The van der Waals surface area contributed by atoms with Crippen molar-refractivity contribution in [1.82, 2.24) is 15.5 Å². The number of hydrogen-bond acceptors (Lipinski definition) is 3. The first-order valence-electron chi connectivity index (χ1n) is 6.43. The first kappa shape index (κ1) is 15.0. The molecule has 0 saturated carbocycles. The molecule has 1 aliphatic heterocycles. The highest BCUT2D eigenvalue weighted by molar-refractivity contribution is 5.78. The fourth-order valence-electron chi connectivity index (χ4n) is 1.84. The van der Waals surface area contributed by atoms with E-state index < -0.39 is 17.5 Å². The van der Waals surface area contributed by atoms with E-state index in [2.05, 4.69) is 10.6 Å². The third-order valence-electron chi connectivity index (χ3n) is 2.90. The first-order valence-corrected chi connectivity index (χ1v) is 6.43. The van der Waals surface area contributed by atoms with Crippen LogP contribution in [0.5, 0.6) is 5.75 Å². The number of nitrogens with zero attached hydrogens (tertiary/aromatic N) is 1. The zero-order valence-electron chi connectivity index (χ0n) is 11.2. The highest BCUT2D eigenvalue weighted by Gasteiger charge is 2.18. The minimum absolute atomic E-state index is 0.158. The highest BCUT2D eigenvalue weighted by atomic mass is 19.1. The summed E-state index contributed by atoms with van der Waals surface area (Å²) in [6.45, 7) is 1.49. The molecule has 1 heterocycles. The fourth-order valence-corrected chi connectivity index (χ4v) is 1.84. The van der Waals surface area contributed by atoms with E-state index in [1.807, 2.05) is 0 Å². The molecule has 1 fully saturated rings. The zero-order valence-corrected chi connectivity index (χ0v) is 11.2. The van der Waals surface area contributed by atoms with E-state index >= 15 is 0 Å². The fraction of sp³-hybridized carbons (Fsp3) is 0.385. The molecule has 21 heavy (non-hydrogen) atoms. The van der Waals surface area contributed by atoms with E-state index in [-0.39, 0.29) is 24.9 Å². The first-order chi connectivity index (χ1) is 10.1. The molecule has 0 unspecified atom stereocenters. The van der Waals surface area contributed by atoms with E-state index in [0.717, 1.165) is 12.1 Å². The van der Waals surface area contributed by atoms with E-state index in [9.17, 15) is 18.4 Å². The van der Waals surface area contributed by atoms with E-state index in [1.54, 1.807) is 4.90 Å². The minimum atomic E-state index is -0.864. The summed E-state index contributed by atoms with van der Waals surface area (Å²) in [5, 5.41) is 5.19. The predicted molar refractivity (Wildman–Crippen MR) is 69.8 cm³/mol. The molecule has 0 radical (unpaired) electrons. The largest absolute Gasteiger partial charge is 0.481 e. The monoisotopic (exact) mass is 299 g/mol. The van der Waals surface area contributed by atoms with Crippen molar-refractivity contribution in [2.75, 3.05) is 32.8 Å². The summed E-state index contributed by atoms with van der Waals surface area (Å²) in [4.78, 5) is 24.3. The maximum absolute atomic E-state index is 13.3. The molecule has 1 aromatic carbocycles. The van der Waals surface area contributed by atoms with Crippen molar-refractivity contribution < 1.29 is 23.1 Å². The number of halogens is 2. The van der Waals surface area contributed by atoms with Gasteiger partial charge >= 0.3 is 6.03 Å². The van der Waals surface area contributed by atoms with Gasteiger partial charge in [-0.1, -0.05) is 0 Å². The Balaban J connectivity index is 1.68. The van der Waals surface area contributed by atoms with Crippen LogP contribution in [0.25, 0.3) is 0 Å². The van der Waals surface area contributed by atoms with Crippen molar-refractivity contribution in [3.8, 4) is 5.75 Å². The number of amides is 3. The number of carbonyl (C=O) groups is 2. The molecule has 0 aliphatic carbocycles. The van der Waals surface area contributed by atoms with Gasteiger partial charge in [-0.3, -0.25) is 4.79 Å². The normalized spacial score (nSPS) is 14.0. The van der Waals surface area contributed by atoms with Gasteiger partial charge < -0.3 is 20.3 Å². The second kappa shape index (κ2) is 6.87. The Morgan fingerprint density at radius 1 is 1.43 bits per heavy atom. The van der Waals surface area contributed by atoms with Crippen LogP contribution < -0.4 is 15.4 Å². The molecule has 0 spiro atoms. The van der Waals surface area contributed by atoms with Gasteiger partial charge in [-0.15, -0.1) is 0 Å². The molecule has 2 rings (SSSR count). The molecule has 114 valence electrons. The van der Waals surface area contributed by atoms with Gasteiger partial charge in [0.15, 0.2) is 18.2 Å². The predicted octanol–water partition coefficient (Wildman–Crippen LogP) is 0.485. The van der Waals surface area contributed by atoms with Gasteiger partial charge in [0.05, 0.1) is 0 Å². The van der Waals surface area contributed by atoms with Gasteiger partial charge in [-0.25, -0.2) is 13.6 Å². The van der Waals surface area contributed by atoms with Gasteiger partial charge in [0, 0.05) is 32.2 Å². The Labute approximate surface area is 120 Å². The second-order valence-corrected chi connectivity index (χ2v) is 4.43. The number of rotatable bonds is 6. The summed E-state index contributed by atoms with van der Waals surface area (Å²) < 4.78 is 30.9. The molecule has 1 aromatic rings. The zero-order chi connectivity index (χ0) is 15.2. The van der Waals surface area contributed by atoms with Crippen LogP contribution in [0.2, 0.25) is 0 Å². The topological polar surface area (TPSA) is 70.7 Å². The van der Waals surface area contributed by atoms with Crippen LogP contribution >= 0.6 is 0 Å². The molecule has 0 atom stereocenters. The van der Waals surface area contributed by atoms with E-state index in [4.69, 9.17) is 4.74 Å². The van der Waals surface area contributed by atoms with Crippen molar-refractivity contribution in [3.63, 3.8) is 0 Å². The van der Waals surface area contributed by atoms with Crippen molar-refractivity contribution in [1.29, 1.82) is 0 Å². The summed E-state index contributed by atoms with van der Waals surface area (Å²) in [7, 11) is 0. The summed E-state index contributed by atoms with van der Waals surface area (Å²) in [5.41, 5.74) is 0. The number of benzene rings is 1. The Morgan fingerprint density at radius 3 is 2.90 bits per heavy atom. The SMILES string of the molecule is O=C(COc1ccc(F)cc1F)NCCN1CCNC1=O. The lowest BCUT2D eigenvalue weighted by atomic mass is 10.3. The van der Waals surface area contributed by atoms with E-state index in [1.165, 1.54) is 0 Å². The molecular formula is C13H15F2N3O3. The number of ether oxygens (including phenoxy) is 1. The van der Waals surface area contributed by atoms with Crippen LogP contribution in [0.3, 0.4) is 0 Å². The molecule has 1 saturated heterocycles. The Kier molecular flexibility index (Phi) is 4.91. The molecular weight excluding hydrogens is 284 g/mol. The molecule has 2 N–H and O–H groups in total.